The van der Waals surface area contributed by atoms with E-state index in [1.165, 1.54) is 0 Å². The van der Waals surface area contributed by atoms with Gasteiger partial charge in [-0.3, -0.25) is 14.6 Å². The summed E-state index contributed by atoms with van der Waals surface area (Å²) in [6.45, 7) is 4.40. The normalized spacial score (nSPS) is 11.7. The minimum absolute atomic E-state index is 0.0389. The lowest BCUT2D eigenvalue weighted by molar-refractivity contribution is -0.140. The van der Waals surface area contributed by atoms with Crippen molar-refractivity contribution in [3.05, 3.63) is 64.9 Å². The van der Waals surface area contributed by atoms with E-state index in [4.69, 9.17) is 11.6 Å². The highest BCUT2D eigenvalue weighted by atomic mass is 35.5. The quantitative estimate of drug-likeness (QED) is 0.769. The number of nitrogens with zero attached hydrogens (tertiary/aromatic N) is 2. The van der Waals surface area contributed by atoms with E-state index in [2.05, 4.69) is 10.3 Å². The van der Waals surface area contributed by atoms with Crippen molar-refractivity contribution in [1.82, 2.24) is 15.2 Å². The first-order valence-corrected chi connectivity index (χ1v) is 9.10. The standard InChI is InChI=1S/C20H24ClN3O2/c1-3-6-19(25)24(14-16-8-10-17(21)11-9-16)15(2)20(26)23-13-18-7-4-5-12-22-18/h4-5,7-12,15H,3,6,13-14H2,1-2H3,(H,23,26)/t15-/m0/s1. The number of hydrogen-bond donors (Lipinski definition) is 1. The first kappa shape index (κ1) is 19.9. The van der Waals surface area contributed by atoms with Crippen LogP contribution in [0.5, 0.6) is 0 Å². The van der Waals surface area contributed by atoms with Crippen molar-refractivity contribution in [2.24, 2.45) is 0 Å². The van der Waals surface area contributed by atoms with Gasteiger partial charge in [-0.25, -0.2) is 0 Å². The number of aromatic nitrogens is 1. The molecule has 0 spiro atoms. The summed E-state index contributed by atoms with van der Waals surface area (Å²) >= 11 is 5.92. The third-order valence-corrected chi connectivity index (χ3v) is 4.32. The predicted molar refractivity (Wildman–Crippen MR) is 102 cm³/mol. The Labute approximate surface area is 159 Å². The zero-order valence-electron chi connectivity index (χ0n) is 15.1. The zero-order chi connectivity index (χ0) is 18.9. The molecule has 138 valence electrons. The molecule has 0 unspecified atom stereocenters. The molecule has 0 bridgehead atoms. The number of halogens is 1. The summed E-state index contributed by atoms with van der Waals surface area (Å²) in [5.41, 5.74) is 1.71. The van der Waals surface area contributed by atoms with E-state index in [1.807, 2.05) is 37.3 Å². The van der Waals surface area contributed by atoms with Gasteiger partial charge in [0.1, 0.15) is 6.04 Å². The Morgan fingerprint density at radius 2 is 1.92 bits per heavy atom. The first-order valence-electron chi connectivity index (χ1n) is 8.72. The maximum atomic E-state index is 12.6. The Balaban J connectivity index is 2.05. The zero-order valence-corrected chi connectivity index (χ0v) is 15.9. The molecule has 0 fully saturated rings. The average Bonchev–Trinajstić information content (AvgIpc) is 2.66. The summed E-state index contributed by atoms with van der Waals surface area (Å²) in [5.74, 6) is -0.239. The van der Waals surface area contributed by atoms with Gasteiger partial charge in [-0.2, -0.15) is 0 Å². The highest BCUT2D eigenvalue weighted by molar-refractivity contribution is 6.30. The summed E-state index contributed by atoms with van der Waals surface area (Å²) in [5, 5.41) is 3.49. The molecule has 2 amide bonds. The van der Waals surface area contributed by atoms with Gasteiger partial charge in [0, 0.05) is 24.2 Å². The summed E-state index contributed by atoms with van der Waals surface area (Å²) in [7, 11) is 0. The van der Waals surface area contributed by atoms with Crippen LogP contribution >= 0.6 is 11.6 Å². The Kier molecular flexibility index (Phi) is 7.60. The molecule has 0 aliphatic carbocycles. The number of nitrogens with one attached hydrogen (secondary N) is 1. The first-order chi connectivity index (χ1) is 12.5. The van der Waals surface area contributed by atoms with Gasteiger partial charge in [-0.05, 0) is 43.2 Å². The molecule has 2 aromatic rings. The lowest BCUT2D eigenvalue weighted by atomic mass is 10.1. The van der Waals surface area contributed by atoms with E-state index in [0.717, 1.165) is 17.7 Å². The minimum Gasteiger partial charge on any atom is -0.349 e. The van der Waals surface area contributed by atoms with Gasteiger partial charge in [-0.1, -0.05) is 36.7 Å². The van der Waals surface area contributed by atoms with Gasteiger partial charge in [0.25, 0.3) is 0 Å². The van der Waals surface area contributed by atoms with E-state index in [0.29, 0.717) is 24.5 Å². The van der Waals surface area contributed by atoms with Crippen LogP contribution in [0.4, 0.5) is 0 Å². The number of rotatable bonds is 8. The molecule has 1 aromatic carbocycles. The van der Waals surface area contributed by atoms with Crippen molar-refractivity contribution in [2.75, 3.05) is 0 Å². The van der Waals surface area contributed by atoms with Crippen LogP contribution in [0.3, 0.4) is 0 Å². The minimum atomic E-state index is -0.576. The van der Waals surface area contributed by atoms with Gasteiger partial charge in [0.2, 0.25) is 11.8 Å². The predicted octanol–water partition coefficient (Wildman–Crippen LogP) is 3.57. The molecule has 26 heavy (non-hydrogen) atoms. The smallest absolute Gasteiger partial charge is 0.242 e. The van der Waals surface area contributed by atoms with Crippen molar-refractivity contribution < 1.29 is 9.59 Å². The number of hydrogen-bond acceptors (Lipinski definition) is 3. The van der Waals surface area contributed by atoms with Crippen LogP contribution in [0.2, 0.25) is 5.02 Å². The van der Waals surface area contributed by atoms with Crippen LogP contribution in [0.25, 0.3) is 0 Å². The second kappa shape index (κ2) is 9.92. The van der Waals surface area contributed by atoms with E-state index in [-0.39, 0.29) is 11.8 Å². The van der Waals surface area contributed by atoms with Crippen LogP contribution in [0.15, 0.2) is 48.7 Å². The van der Waals surface area contributed by atoms with E-state index < -0.39 is 6.04 Å². The van der Waals surface area contributed by atoms with Crippen LogP contribution in [-0.4, -0.2) is 27.7 Å². The van der Waals surface area contributed by atoms with E-state index in [9.17, 15) is 9.59 Å². The molecule has 1 atom stereocenters. The number of carbonyl (C=O) groups is 2. The average molecular weight is 374 g/mol. The summed E-state index contributed by atoms with van der Waals surface area (Å²) in [4.78, 5) is 30.9. The highest BCUT2D eigenvalue weighted by Gasteiger charge is 2.25. The van der Waals surface area contributed by atoms with Crippen molar-refractivity contribution >= 4 is 23.4 Å². The third-order valence-electron chi connectivity index (χ3n) is 4.07. The fourth-order valence-corrected chi connectivity index (χ4v) is 2.68. The molecule has 0 aliphatic heterocycles. The molecule has 2 rings (SSSR count). The number of pyridine rings is 1. The number of carbonyl (C=O) groups excluding carboxylic acids is 2. The maximum absolute atomic E-state index is 12.6. The highest BCUT2D eigenvalue weighted by Crippen LogP contribution is 2.15. The lowest BCUT2D eigenvalue weighted by Gasteiger charge is -2.28. The Bertz CT molecular complexity index is 720. The molecule has 1 heterocycles. The Morgan fingerprint density at radius 1 is 1.19 bits per heavy atom. The molecule has 6 heteroatoms. The Morgan fingerprint density at radius 3 is 2.54 bits per heavy atom. The summed E-state index contributed by atoms with van der Waals surface area (Å²) in [6.07, 6.45) is 2.83. The molecular weight excluding hydrogens is 350 g/mol. The van der Waals surface area contributed by atoms with Crippen LogP contribution in [0, 0.1) is 0 Å². The topological polar surface area (TPSA) is 62.3 Å². The fourth-order valence-electron chi connectivity index (χ4n) is 2.55. The van der Waals surface area contributed by atoms with Crippen molar-refractivity contribution in [2.45, 2.75) is 45.8 Å². The van der Waals surface area contributed by atoms with Gasteiger partial charge in [-0.15, -0.1) is 0 Å². The molecule has 0 radical (unpaired) electrons. The van der Waals surface area contributed by atoms with Crippen LogP contribution in [0.1, 0.15) is 37.9 Å². The molecule has 1 N–H and O–H groups in total. The van der Waals surface area contributed by atoms with E-state index >= 15 is 0 Å². The van der Waals surface area contributed by atoms with Gasteiger partial charge in [0.05, 0.1) is 12.2 Å². The number of amides is 2. The van der Waals surface area contributed by atoms with E-state index in [1.54, 1.807) is 30.2 Å². The maximum Gasteiger partial charge on any atom is 0.242 e. The summed E-state index contributed by atoms with van der Waals surface area (Å²) in [6, 6.07) is 12.3. The van der Waals surface area contributed by atoms with Gasteiger partial charge < -0.3 is 10.2 Å². The second-order valence-corrected chi connectivity index (χ2v) is 6.55. The largest absolute Gasteiger partial charge is 0.349 e. The van der Waals surface area contributed by atoms with Crippen LogP contribution in [-0.2, 0) is 22.7 Å². The molecule has 1 aromatic heterocycles. The molecular formula is C20H24ClN3O2. The Hall–Kier alpha value is -2.40. The van der Waals surface area contributed by atoms with Crippen molar-refractivity contribution in [3.8, 4) is 0 Å². The second-order valence-electron chi connectivity index (χ2n) is 6.11. The van der Waals surface area contributed by atoms with Crippen molar-refractivity contribution in [1.29, 1.82) is 0 Å². The SMILES string of the molecule is CCCC(=O)N(Cc1ccc(Cl)cc1)[C@@H](C)C(=O)NCc1ccccn1. The van der Waals surface area contributed by atoms with Crippen molar-refractivity contribution in [3.63, 3.8) is 0 Å². The van der Waals surface area contributed by atoms with Gasteiger partial charge in [0.15, 0.2) is 0 Å². The monoisotopic (exact) mass is 373 g/mol. The van der Waals surface area contributed by atoms with Crippen LogP contribution < -0.4 is 5.32 Å². The molecule has 0 aliphatic rings. The fraction of sp³-hybridized carbons (Fsp3) is 0.350. The molecule has 0 saturated carbocycles. The molecule has 5 nitrogen and oxygen atoms in total. The van der Waals surface area contributed by atoms with Gasteiger partial charge >= 0.3 is 0 Å². The third kappa shape index (κ3) is 5.85. The lowest BCUT2D eigenvalue weighted by Crippen LogP contribution is -2.47. The summed E-state index contributed by atoms with van der Waals surface area (Å²) < 4.78 is 0. The number of benzene rings is 1. The molecule has 0 saturated heterocycles.